The van der Waals surface area contributed by atoms with Crippen molar-refractivity contribution in [3.05, 3.63) is 0 Å². The van der Waals surface area contributed by atoms with Crippen LogP contribution in [0.4, 0.5) is 0 Å². The highest BCUT2D eigenvalue weighted by Gasteiger charge is 2.33. The van der Waals surface area contributed by atoms with Crippen molar-refractivity contribution in [3.8, 4) is 0 Å². The summed E-state index contributed by atoms with van der Waals surface area (Å²) < 4.78 is 0. The first kappa shape index (κ1) is 16.8. The lowest BCUT2D eigenvalue weighted by molar-refractivity contribution is 0.133. The molecule has 4 fully saturated rings. The summed E-state index contributed by atoms with van der Waals surface area (Å²) in [5, 5.41) is 6.91. The van der Waals surface area contributed by atoms with Crippen molar-refractivity contribution in [2.75, 3.05) is 26.2 Å². The molecule has 0 aromatic heterocycles. The summed E-state index contributed by atoms with van der Waals surface area (Å²) in [5.74, 6) is 0. The summed E-state index contributed by atoms with van der Waals surface area (Å²) in [5.41, 5.74) is 1.59. The van der Waals surface area contributed by atoms with Crippen LogP contribution in [-0.4, -0.2) is 26.2 Å². The van der Waals surface area contributed by atoms with Crippen molar-refractivity contribution in [3.63, 3.8) is 0 Å². The molecule has 2 aliphatic heterocycles. The highest BCUT2D eigenvalue weighted by atomic mass is 14.9. The standard InChI is InChI=1S/2C10H19N/c2*1-2-4-10(5-3-1)6-8-11-9-7-10/h2*11H,1-9H2. The molecule has 0 unspecified atom stereocenters. The van der Waals surface area contributed by atoms with Gasteiger partial charge in [0.1, 0.15) is 0 Å². The Morgan fingerprint density at radius 2 is 0.682 bits per heavy atom. The van der Waals surface area contributed by atoms with Gasteiger partial charge in [-0.25, -0.2) is 0 Å². The second-order valence-corrected chi connectivity index (χ2v) is 8.62. The van der Waals surface area contributed by atoms with Crippen LogP contribution in [0.3, 0.4) is 0 Å². The summed E-state index contributed by atoms with van der Waals surface area (Å²) >= 11 is 0. The zero-order valence-corrected chi connectivity index (χ0v) is 14.7. The number of hydrogen-bond acceptors (Lipinski definition) is 2. The van der Waals surface area contributed by atoms with Gasteiger partial charge in [-0.15, -0.1) is 0 Å². The van der Waals surface area contributed by atoms with Crippen molar-refractivity contribution in [1.29, 1.82) is 0 Å². The maximum absolute atomic E-state index is 3.46. The Hall–Kier alpha value is -0.0800. The van der Waals surface area contributed by atoms with E-state index >= 15 is 0 Å². The first-order valence-corrected chi connectivity index (χ1v) is 10.2. The summed E-state index contributed by atoms with van der Waals surface area (Å²) in [6, 6.07) is 0. The Balaban J connectivity index is 0.000000131. The Bertz CT molecular complexity index is 231. The van der Waals surface area contributed by atoms with E-state index in [1.54, 1.807) is 0 Å². The smallest absolute Gasteiger partial charge is 0.00436 e. The van der Waals surface area contributed by atoms with Gasteiger partial charge in [-0.2, -0.15) is 0 Å². The summed E-state index contributed by atoms with van der Waals surface area (Å²) in [7, 11) is 0. The van der Waals surface area contributed by atoms with E-state index in [1.165, 1.54) is 116 Å². The van der Waals surface area contributed by atoms with Crippen molar-refractivity contribution >= 4 is 0 Å². The summed E-state index contributed by atoms with van der Waals surface area (Å²) in [6.45, 7) is 5.11. The summed E-state index contributed by atoms with van der Waals surface area (Å²) in [6.07, 6.45) is 20.9. The van der Waals surface area contributed by atoms with E-state index in [-0.39, 0.29) is 0 Å². The van der Waals surface area contributed by atoms with Gasteiger partial charge in [0, 0.05) is 0 Å². The average Bonchev–Trinajstić information content (AvgIpc) is 2.58. The molecule has 2 heteroatoms. The van der Waals surface area contributed by atoms with Crippen molar-refractivity contribution in [1.82, 2.24) is 10.6 Å². The van der Waals surface area contributed by atoms with Crippen LogP contribution >= 0.6 is 0 Å². The third kappa shape index (κ3) is 4.47. The molecule has 2 N–H and O–H groups in total. The maximum Gasteiger partial charge on any atom is -0.00436 e. The van der Waals surface area contributed by atoms with Gasteiger partial charge < -0.3 is 10.6 Å². The molecule has 2 saturated heterocycles. The fourth-order valence-corrected chi connectivity index (χ4v) is 5.52. The molecule has 22 heavy (non-hydrogen) atoms. The van der Waals surface area contributed by atoms with E-state index in [4.69, 9.17) is 0 Å². The molecule has 2 aliphatic carbocycles. The van der Waals surface area contributed by atoms with E-state index in [0.717, 1.165) is 10.8 Å². The molecular formula is C20H38N2. The predicted octanol–water partition coefficient (Wildman–Crippen LogP) is 4.64. The van der Waals surface area contributed by atoms with E-state index in [0.29, 0.717) is 0 Å². The lowest BCUT2D eigenvalue weighted by atomic mass is 9.68. The Kier molecular flexibility index (Phi) is 6.21. The number of rotatable bonds is 0. The van der Waals surface area contributed by atoms with E-state index in [9.17, 15) is 0 Å². The van der Waals surface area contributed by atoms with Crippen LogP contribution in [0.15, 0.2) is 0 Å². The second-order valence-electron chi connectivity index (χ2n) is 8.62. The lowest BCUT2D eigenvalue weighted by Gasteiger charge is -2.40. The van der Waals surface area contributed by atoms with E-state index in [1.807, 2.05) is 0 Å². The minimum Gasteiger partial charge on any atom is -0.317 e. The molecule has 0 aromatic rings. The van der Waals surface area contributed by atoms with E-state index < -0.39 is 0 Å². The molecule has 128 valence electrons. The minimum absolute atomic E-state index is 0.795. The van der Waals surface area contributed by atoms with Crippen LogP contribution in [-0.2, 0) is 0 Å². The predicted molar refractivity (Wildman–Crippen MR) is 95.2 cm³/mol. The molecule has 2 spiro atoms. The van der Waals surface area contributed by atoms with Crippen LogP contribution in [0.5, 0.6) is 0 Å². The topological polar surface area (TPSA) is 24.1 Å². The van der Waals surface area contributed by atoms with Crippen LogP contribution in [0.1, 0.15) is 89.9 Å². The average molecular weight is 307 g/mol. The molecule has 0 bridgehead atoms. The molecule has 0 aromatic carbocycles. The van der Waals surface area contributed by atoms with Gasteiger partial charge in [0.2, 0.25) is 0 Å². The molecule has 2 saturated carbocycles. The molecule has 0 radical (unpaired) electrons. The quantitative estimate of drug-likeness (QED) is 0.681. The Morgan fingerprint density at radius 3 is 1.00 bits per heavy atom. The number of piperidine rings is 2. The SMILES string of the molecule is C1CCC2(CC1)CCNCC2.C1CCC2(CC1)CCNCC2. The van der Waals surface area contributed by atoms with Crippen LogP contribution in [0.2, 0.25) is 0 Å². The van der Waals surface area contributed by atoms with Crippen molar-refractivity contribution in [2.24, 2.45) is 10.8 Å². The maximum atomic E-state index is 3.46. The highest BCUT2D eigenvalue weighted by Crippen LogP contribution is 2.43. The fourth-order valence-electron chi connectivity index (χ4n) is 5.52. The lowest BCUT2D eigenvalue weighted by Crippen LogP contribution is -2.37. The van der Waals surface area contributed by atoms with Crippen LogP contribution < -0.4 is 10.6 Å². The van der Waals surface area contributed by atoms with Crippen molar-refractivity contribution in [2.45, 2.75) is 89.9 Å². The van der Waals surface area contributed by atoms with Gasteiger partial charge in [0.05, 0.1) is 0 Å². The summed E-state index contributed by atoms with van der Waals surface area (Å²) in [4.78, 5) is 0. The van der Waals surface area contributed by atoms with Gasteiger partial charge in [0.15, 0.2) is 0 Å². The number of hydrogen-bond donors (Lipinski definition) is 2. The molecule has 4 aliphatic rings. The molecule has 2 nitrogen and oxygen atoms in total. The molecule has 0 atom stereocenters. The van der Waals surface area contributed by atoms with Crippen molar-refractivity contribution < 1.29 is 0 Å². The molecule has 4 rings (SSSR count). The van der Waals surface area contributed by atoms with Gasteiger partial charge >= 0.3 is 0 Å². The van der Waals surface area contributed by atoms with E-state index in [2.05, 4.69) is 10.6 Å². The third-order valence-corrected chi connectivity index (χ3v) is 7.16. The van der Waals surface area contributed by atoms with Gasteiger partial charge in [0.25, 0.3) is 0 Å². The molecule has 2 heterocycles. The highest BCUT2D eigenvalue weighted by molar-refractivity contribution is 4.87. The zero-order valence-electron chi connectivity index (χ0n) is 14.7. The normalized spacial score (nSPS) is 30.5. The largest absolute Gasteiger partial charge is 0.317 e. The van der Waals surface area contributed by atoms with Crippen LogP contribution in [0.25, 0.3) is 0 Å². The van der Waals surface area contributed by atoms with Gasteiger partial charge in [-0.3, -0.25) is 0 Å². The second kappa shape index (κ2) is 8.15. The monoisotopic (exact) mass is 306 g/mol. The number of nitrogens with one attached hydrogen (secondary N) is 2. The molecule has 0 amide bonds. The fraction of sp³-hybridized carbons (Fsp3) is 1.00. The minimum atomic E-state index is 0.795. The van der Waals surface area contributed by atoms with Gasteiger partial charge in [-0.1, -0.05) is 38.5 Å². The third-order valence-electron chi connectivity index (χ3n) is 7.16. The Labute approximate surface area is 138 Å². The first-order valence-electron chi connectivity index (χ1n) is 10.2. The first-order chi connectivity index (χ1) is 10.8. The van der Waals surface area contributed by atoms with Gasteiger partial charge in [-0.05, 0) is 88.4 Å². The zero-order chi connectivity index (χ0) is 15.1. The Morgan fingerprint density at radius 1 is 0.364 bits per heavy atom. The molecular weight excluding hydrogens is 268 g/mol. The van der Waals surface area contributed by atoms with Crippen LogP contribution in [0, 0.1) is 10.8 Å².